The number of urea groups is 1. The zero-order chi connectivity index (χ0) is 22.9. The molecule has 3 N–H and O–H groups in total. The van der Waals surface area contributed by atoms with Gasteiger partial charge < -0.3 is 15.3 Å². The molecule has 2 unspecified atom stereocenters. The van der Waals surface area contributed by atoms with Crippen LogP contribution in [0.3, 0.4) is 0 Å². The number of hydrogen-bond donors (Lipinski definition) is 3. The van der Waals surface area contributed by atoms with Crippen LogP contribution in [0.4, 0.5) is 9.18 Å². The number of nitrogens with one attached hydrogen (secondary N) is 2. The van der Waals surface area contributed by atoms with E-state index in [0.717, 1.165) is 24.7 Å². The van der Waals surface area contributed by atoms with Gasteiger partial charge in [-0.2, -0.15) is 0 Å². The van der Waals surface area contributed by atoms with Crippen molar-refractivity contribution in [3.05, 3.63) is 59.9 Å². The standard InChI is InChI=1S/C23H28FN3O4S/c1-32(30,31)26-21-19(27(15-23(21)10-11-23)22(29)25-12-13-28)14-17-8-5-9-18(20(17)24)16-6-3-2-4-7-16/h2-9,19,21,26,28H,10-15H2,1H3,(H,25,29). The number of sulfonamides is 1. The summed E-state index contributed by atoms with van der Waals surface area (Å²) in [5, 5.41) is 11.7. The summed E-state index contributed by atoms with van der Waals surface area (Å²) in [5.74, 6) is -0.371. The van der Waals surface area contributed by atoms with Gasteiger partial charge in [0.2, 0.25) is 10.0 Å². The minimum atomic E-state index is -3.53. The molecule has 1 aliphatic heterocycles. The van der Waals surface area contributed by atoms with Gasteiger partial charge in [-0.05, 0) is 30.4 Å². The summed E-state index contributed by atoms with van der Waals surface area (Å²) >= 11 is 0. The Morgan fingerprint density at radius 1 is 1.19 bits per heavy atom. The van der Waals surface area contributed by atoms with Crippen molar-refractivity contribution >= 4 is 16.1 Å². The molecule has 2 atom stereocenters. The van der Waals surface area contributed by atoms with E-state index in [1.807, 2.05) is 30.3 Å². The minimum Gasteiger partial charge on any atom is -0.395 e. The highest BCUT2D eigenvalue weighted by Crippen LogP contribution is 2.55. The SMILES string of the molecule is CS(=O)(=O)NC1C(Cc2cccc(-c3ccccc3)c2F)N(C(=O)NCCO)CC12CC2. The molecule has 7 nitrogen and oxygen atoms in total. The maximum absolute atomic E-state index is 15.5. The average Bonchev–Trinajstić information content (AvgIpc) is 3.48. The number of halogens is 1. The summed E-state index contributed by atoms with van der Waals surface area (Å²) < 4.78 is 42.5. The van der Waals surface area contributed by atoms with Crippen LogP contribution in [-0.2, 0) is 16.4 Å². The number of aliphatic hydroxyl groups is 1. The van der Waals surface area contributed by atoms with E-state index in [4.69, 9.17) is 5.11 Å². The monoisotopic (exact) mass is 461 g/mol. The van der Waals surface area contributed by atoms with Gasteiger partial charge in [0.15, 0.2) is 0 Å². The van der Waals surface area contributed by atoms with Gasteiger partial charge in [-0.25, -0.2) is 22.3 Å². The largest absolute Gasteiger partial charge is 0.395 e. The molecule has 1 saturated carbocycles. The first kappa shape index (κ1) is 22.7. The molecule has 2 aromatic carbocycles. The molecule has 4 rings (SSSR count). The maximum atomic E-state index is 15.5. The highest BCUT2D eigenvalue weighted by Gasteiger charge is 2.61. The lowest BCUT2D eigenvalue weighted by Crippen LogP contribution is -2.51. The van der Waals surface area contributed by atoms with E-state index in [1.165, 1.54) is 0 Å². The summed E-state index contributed by atoms with van der Waals surface area (Å²) in [6, 6.07) is 12.9. The first-order valence-electron chi connectivity index (χ1n) is 10.7. The van der Waals surface area contributed by atoms with E-state index in [-0.39, 0.29) is 36.8 Å². The number of nitrogens with zero attached hydrogens (tertiary/aromatic N) is 1. The van der Waals surface area contributed by atoms with Crippen LogP contribution in [0.5, 0.6) is 0 Å². The number of aliphatic hydroxyl groups excluding tert-OH is 1. The van der Waals surface area contributed by atoms with Crippen molar-refractivity contribution in [2.45, 2.75) is 31.3 Å². The molecule has 0 radical (unpaired) electrons. The Labute approximate surface area is 187 Å². The minimum absolute atomic E-state index is 0.0943. The van der Waals surface area contributed by atoms with Crippen molar-refractivity contribution in [2.24, 2.45) is 5.41 Å². The average molecular weight is 462 g/mol. The molecule has 1 heterocycles. The Kier molecular flexibility index (Phi) is 6.24. The van der Waals surface area contributed by atoms with Crippen LogP contribution in [0.2, 0.25) is 0 Å². The summed E-state index contributed by atoms with van der Waals surface area (Å²) in [5.41, 5.74) is 1.30. The van der Waals surface area contributed by atoms with Gasteiger partial charge in [0, 0.05) is 30.1 Å². The zero-order valence-corrected chi connectivity index (χ0v) is 18.7. The predicted octanol–water partition coefficient (Wildman–Crippen LogP) is 2.12. The Hall–Kier alpha value is -2.49. The molecular weight excluding hydrogens is 433 g/mol. The van der Waals surface area contributed by atoms with Crippen molar-refractivity contribution < 1.29 is 22.7 Å². The van der Waals surface area contributed by atoms with Crippen LogP contribution < -0.4 is 10.0 Å². The van der Waals surface area contributed by atoms with Gasteiger partial charge >= 0.3 is 6.03 Å². The van der Waals surface area contributed by atoms with Crippen molar-refractivity contribution in [1.29, 1.82) is 0 Å². The number of benzene rings is 2. The highest BCUT2D eigenvalue weighted by molar-refractivity contribution is 7.88. The van der Waals surface area contributed by atoms with E-state index >= 15 is 4.39 Å². The zero-order valence-electron chi connectivity index (χ0n) is 17.9. The van der Waals surface area contributed by atoms with Crippen LogP contribution in [0, 0.1) is 11.2 Å². The molecule has 2 aromatic rings. The van der Waals surface area contributed by atoms with Gasteiger partial charge in [-0.1, -0.05) is 48.5 Å². The second kappa shape index (κ2) is 8.80. The number of amides is 2. The van der Waals surface area contributed by atoms with E-state index in [9.17, 15) is 13.2 Å². The van der Waals surface area contributed by atoms with Gasteiger partial charge in [-0.3, -0.25) is 0 Å². The van der Waals surface area contributed by atoms with Gasteiger partial charge in [0.1, 0.15) is 5.82 Å². The summed E-state index contributed by atoms with van der Waals surface area (Å²) in [6.07, 6.45) is 2.87. The highest BCUT2D eigenvalue weighted by atomic mass is 32.2. The molecular formula is C23H28FN3O4S. The fourth-order valence-electron chi connectivity index (χ4n) is 4.73. The Morgan fingerprint density at radius 2 is 1.91 bits per heavy atom. The van der Waals surface area contributed by atoms with Crippen LogP contribution in [-0.4, -0.2) is 62.5 Å². The molecule has 0 bridgehead atoms. The summed E-state index contributed by atoms with van der Waals surface area (Å²) in [7, 11) is -3.53. The molecule has 2 aliphatic rings. The maximum Gasteiger partial charge on any atom is 0.317 e. The van der Waals surface area contributed by atoms with Crippen LogP contribution >= 0.6 is 0 Å². The van der Waals surface area contributed by atoms with Crippen LogP contribution in [0.15, 0.2) is 48.5 Å². The second-order valence-corrected chi connectivity index (χ2v) is 10.5. The smallest absolute Gasteiger partial charge is 0.317 e. The van der Waals surface area contributed by atoms with E-state index in [1.54, 1.807) is 23.1 Å². The summed E-state index contributed by atoms with van der Waals surface area (Å²) in [6.45, 7) is 0.285. The van der Waals surface area contributed by atoms with Crippen LogP contribution in [0.25, 0.3) is 11.1 Å². The van der Waals surface area contributed by atoms with Gasteiger partial charge in [0.25, 0.3) is 0 Å². The molecule has 32 heavy (non-hydrogen) atoms. The fraction of sp³-hybridized carbons (Fsp3) is 0.435. The van der Waals surface area contributed by atoms with E-state index in [2.05, 4.69) is 10.0 Å². The topological polar surface area (TPSA) is 98.7 Å². The van der Waals surface area contributed by atoms with Gasteiger partial charge in [0.05, 0.1) is 18.9 Å². The Bertz CT molecular complexity index is 1090. The predicted molar refractivity (Wildman–Crippen MR) is 120 cm³/mol. The summed E-state index contributed by atoms with van der Waals surface area (Å²) in [4.78, 5) is 14.4. The first-order chi connectivity index (χ1) is 15.2. The normalized spacial score (nSPS) is 21.7. The second-order valence-electron chi connectivity index (χ2n) is 8.73. The molecule has 2 amide bonds. The quantitative estimate of drug-likeness (QED) is 0.588. The first-order valence-corrected chi connectivity index (χ1v) is 12.6. The number of carbonyl (C=O) groups excluding carboxylic acids is 1. The molecule has 1 spiro atoms. The van der Waals surface area contributed by atoms with E-state index in [0.29, 0.717) is 17.7 Å². The third-order valence-electron chi connectivity index (χ3n) is 6.40. The Balaban J connectivity index is 1.68. The fourth-order valence-corrected chi connectivity index (χ4v) is 5.59. The Morgan fingerprint density at radius 3 is 2.53 bits per heavy atom. The van der Waals surface area contributed by atoms with Crippen molar-refractivity contribution in [3.8, 4) is 11.1 Å². The molecule has 2 fully saturated rings. The van der Waals surface area contributed by atoms with Crippen molar-refractivity contribution in [3.63, 3.8) is 0 Å². The molecule has 0 aromatic heterocycles. The van der Waals surface area contributed by atoms with Crippen LogP contribution in [0.1, 0.15) is 18.4 Å². The number of hydrogen-bond acceptors (Lipinski definition) is 4. The molecule has 9 heteroatoms. The third kappa shape index (κ3) is 4.65. The molecule has 1 saturated heterocycles. The van der Waals surface area contributed by atoms with Gasteiger partial charge in [-0.15, -0.1) is 0 Å². The number of rotatable bonds is 7. The lowest BCUT2D eigenvalue weighted by Gasteiger charge is -2.29. The lowest BCUT2D eigenvalue weighted by atomic mass is 9.91. The third-order valence-corrected chi connectivity index (χ3v) is 7.09. The van der Waals surface area contributed by atoms with Crippen molar-refractivity contribution in [1.82, 2.24) is 14.9 Å². The van der Waals surface area contributed by atoms with Crippen molar-refractivity contribution in [2.75, 3.05) is 26.0 Å². The lowest BCUT2D eigenvalue weighted by molar-refractivity contribution is 0.184. The number of likely N-dealkylation sites (tertiary alicyclic amines) is 1. The molecule has 1 aliphatic carbocycles. The number of carbonyl (C=O) groups is 1. The molecule has 172 valence electrons. The van der Waals surface area contributed by atoms with E-state index < -0.39 is 22.1 Å².